The Kier molecular flexibility index (Phi) is 9.59. The standard InChI is InChI=1S/C12H25NO2/c1-3-4-5-6-9-15-12(14)8-7-11(2)10-13/h11H,3-10,13H2,1-2H3. The van der Waals surface area contributed by atoms with Gasteiger partial charge in [-0.15, -0.1) is 0 Å². The molecule has 1 unspecified atom stereocenters. The van der Waals surface area contributed by atoms with Crippen molar-refractivity contribution >= 4 is 5.97 Å². The van der Waals surface area contributed by atoms with E-state index in [1.54, 1.807) is 0 Å². The molecule has 3 nitrogen and oxygen atoms in total. The molecule has 15 heavy (non-hydrogen) atoms. The summed E-state index contributed by atoms with van der Waals surface area (Å²) in [6.45, 7) is 5.44. The van der Waals surface area contributed by atoms with Gasteiger partial charge in [0.2, 0.25) is 0 Å². The molecule has 0 bridgehead atoms. The Balaban J connectivity index is 3.26. The van der Waals surface area contributed by atoms with E-state index in [-0.39, 0.29) is 5.97 Å². The normalized spacial score (nSPS) is 12.5. The van der Waals surface area contributed by atoms with Crippen molar-refractivity contribution in [3.8, 4) is 0 Å². The smallest absolute Gasteiger partial charge is 0.305 e. The van der Waals surface area contributed by atoms with E-state index in [1.165, 1.54) is 12.8 Å². The third kappa shape index (κ3) is 9.73. The SMILES string of the molecule is CCCCCCOC(=O)CCC(C)CN. The van der Waals surface area contributed by atoms with E-state index < -0.39 is 0 Å². The first-order valence-corrected chi connectivity index (χ1v) is 6.06. The van der Waals surface area contributed by atoms with Crippen LogP contribution in [0.2, 0.25) is 0 Å². The fourth-order valence-electron chi connectivity index (χ4n) is 1.27. The maximum Gasteiger partial charge on any atom is 0.305 e. The summed E-state index contributed by atoms with van der Waals surface area (Å²) in [4.78, 5) is 11.2. The van der Waals surface area contributed by atoms with Crippen LogP contribution in [0.5, 0.6) is 0 Å². The highest BCUT2D eigenvalue weighted by Crippen LogP contribution is 2.05. The molecule has 1 atom stereocenters. The van der Waals surface area contributed by atoms with Crippen molar-refractivity contribution in [2.75, 3.05) is 13.2 Å². The van der Waals surface area contributed by atoms with Gasteiger partial charge >= 0.3 is 5.97 Å². The molecule has 0 aromatic heterocycles. The predicted octanol–water partition coefficient (Wildman–Crippen LogP) is 2.48. The number of ether oxygens (including phenoxy) is 1. The third-order valence-electron chi connectivity index (χ3n) is 2.50. The van der Waals surface area contributed by atoms with Crippen molar-refractivity contribution in [1.82, 2.24) is 0 Å². The minimum absolute atomic E-state index is 0.0770. The lowest BCUT2D eigenvalue weighted by molar-refractivity contribution is -0.144. The largest absolute Gasteiger partial charge is 0.466 e. The van der Waals surface area contributed by atoms with Crippen molar-refractivity contribution in [1.29, 1.82) is 0 Å². The van der Waals surface area contributed by atoms with Gasteiger partial charge in [-0.05, 0) is 25.3 Å². The van der Waals surface area contributed by atoms with Gasteiger partial charge < -0.3 is 10.5 Å². The first-order chi connectivity index (χ1) is 7.20. The number of esters is 1. The van der Waals surface area contributed by atoms with E-state index in [1.807, 2.05) is 0 Å². The number of rotatable bonds is 9. The van der Waals surface area contributed by atoms with Crippen LogP contribution in [0.15, 0.2) is 0 Å². The summed E-state index contributed by atoms with van der Waals surface area (Å²) < 4.78 is 5.10. The average molecular weight is 215 g/mol. The van der Waals surface area contributed by atoms with E-state index in [4.69, 9.17) is 10.5 Å². The number of carbonyl (C=O) groups excluding carboxylic acids is 1. The van der Waals surface area contributed by atoms with Gasteiger partial charge in [-0.2, -0.15) is 0 Å². The highest BCUT2D eigenvalue weighted by atomic mass is 16.5. The third-order valence-corrected chi connectivity index (χ3v) is 2.50. The van der Waals surface area contributed by atoms with Crippen molar-refractivity contribution in [2.24, 2.45) is 11.7 Å². The van der Waals surface area contributed by atoms with Gasteiger partial charge in [-0.1, -0.05) is 33.1 Å². The van der Waals surface area contributed by atoms with E-state index in [9.17, 15) is 4.79 Å². The van der Waals surface area contributed by atoms with Crippen molar-refractivity contribution in [2.45, 2.75) is 52.4 Å². The summed E-state index contributed by atoms with van der Waals surface area (Å²) in [5.74, 6) is 0.337. The highest BCUT2D eigenvalue weighted by Gasteiger charge is 2.05. The van der Waals surface area contributed by atoms with Crippen LogP contribution in [0.25, 0.3) is 0 Å². The van der Waals surface area contributed by atoms with Crippen molar-refractivity contribution in [3.05, 3.63) is 0 Å². The quantitative estimate of drug-likeness (QED) is 0.475. The zero-order chi connectivity index (χ0) is 11.5. The molecule has 0 spiro atoms. The molecule has 0 heterocycles. The molecule has 2 N–H and O–H groups in total. The molecule has 0 rings (SSSR count). The van der Waals surface area contributed by atoms with Gasteiger partial charge in [-0.3, -0.25) is 4.79 Å². The number of hydrogen-bond donors (Lipinski definition) is 1. The van der Waals surface area contributed by atoms with Crippen LogP contribution in [0.1, 0.15) is 52.4 Å². The molecule has 0 amide bonds. The zero-order valence-electron chi connectivity index (χ0n) is 10.1. The van der Waals surface area contributed by atoms with Crippen LogP contribution < -0.4 is 5.73 Å². The fourth-order valence-corrected chi connectivity index (χ4v) is 1.27. The molecule has 0 aromatic carbocycles. The molecular weight excluding hydrogens is 190 g/mol. The molecule has 0 aliphatic carbocycles. The fraction of sp³-hybridized carbons (Fsp3) is 0.917. The topological polar surface area (TPSA) is 52.3 Å². The minimum Gasteiger partial charge on any atom is -0.466 e. The van der Waals surface area contributed by atoms with Gasteiger partial charge in [0.1, 0.15) is 0 Å². The van der Waals surface area contributed by atoms with Gasteiger partial charge in [-0.25, -0.2) is 0 Å². The van der Waals surface area contributed by atoms with E-state index in [0.717, 1.165) is 19.3 Å². The van der Waals surface area contributed by atoms with Crippen LogP contribution in [0.3, 0.4) is 0 Å². The Bertz CT molecular complexity index is 160. The maximum absolute atomic E-state index is 11.2. The first-order valence-electron chi connectivity index (χ1n) is 6.06. The molecule has 0 fully saturated rings. The van der Waals surface area contributed by atoms with Gasteiger partial charge in [0, 0.05) is 6.42 Å². The molecule has 90 valence electrons. The van der Waals surface area contributed by atoms with E-state index in [2.05, 4.69) is 13.8 Å². The summed E-state index contributed by atoms with van der Waals surface area (Å²) in [6, 6.07) is 0. The minimum atomic E-state index is -0.0770. The van der Waals surface area contributed by atoms with Crippen LogP contribution in [0, 0.1) is 5.92 Å². The molecule has 3 heteroatoms. The lowest BCUT2D eigenvalue weighted by Crippen LogP contribution is -2.13. The summed E-state index contributed by atoms with van der Waals surface area (Å²) in [5.41, 5.74) is 5.46. The van der Waals surface area contributed by atoms with E-state index in [0.29, 0.717) is 25.5 Å². The maximum atomic E-state index is 11.2. The molecule has 0 aliphatic heterocycles. The van der Waals surface area contributed by atoms with E-state index >= 15 is 0 Å². The molecule has 0 radical (unpaired) electrons. The monoisotopic (exact) mass is 215 g/mol. The lowest BCUT2D eigenvalue weighted by atomic mass is 10.1. The summed E-state index contributed by atoms with van der Waals surface area (Å²) in [5, 5.41) is 0. The first kappa shape index (κ1) is 14.4. The predicted molar refractivity (Wildman–Crippen MR) is 62.6 cm³/mol. The summed E-state index contributed by atoms with van der Waals surface area (Å²) in [6.07, 6.45) is 5.93. The number of carbonyl (C=O) groups is 1. The Hall–Kier alpha value is -0.570. The second-order valence-electron chi connectivity index (χ2n) is 4.16. The Morgan fingerprint density at radius 2 is 2.07 bits per heavy atom. The molecule has 0 saturated heterocycles. The Morgan fingerprint density at radius 3 is 2.67 bits per heavy atom. The second kappa shape index (κ2) is 9.97. The number of hydrogen-bond acceptors (Lipinski definition) is 3. The number of nitrogens with two attached hydrogens (primary N) is 1. The highest BCUT2D eigenvalue weighted by molar-refractivity contribution is 5.69. The molecule has 0 saturated carbocycles. The van der Waals surface area contributed by atoms with Crippen molar-refractivity contribution in [3.63, 3.8) is 0 Å². The second-order valence-corrected chi connectivity index (χ2v) is 4.16. The van der Waals surface area contributed by atoms with Crippen LogP contribution in [-0.4, -0.2) is 19.1 Å². The molecule has 0 aliphatic rings. The zero-order valence-corrected chi connectivity index (χ0v) is 10.1. The van der Waals surface area contributed by atoms with Gasteiger partial charge in [0.15, 0.2) is 0 Å². The van der Waals surface area contributed by atoms with Crippen LogP contribution >= 0.6 is 0 Å². The average Bonchev–Trinajstić information content (AvgIpc) is 2.25. The van der Waals surface area contributed by atoms with Gasteiger partial charge in [0.05, 0.1) is 6.61 Å². The molecule has 0 aromatic rings. The summed E-state index contributed by atoms with van der Waals surface area (Å²) >= 11 is 0. The van der Waals surface area contributed by atoms with Crippen molar-refractivity contribution < 1.29 is 9.53 Å². The molecular formula is C12H25NO2. The lowest BCUT2D eigenvalue weighted by Gasteiger charge is -2.08. The van der Waals surface area contributed by atoms with Gasteiger partial charge in [0.25, 0.3) is 0 Å². The van der Waals surface area contributed by atoms with Crippen LogP contribution in [0.4, 0.5) is 0 Å². The number of unbranched alkanes of at least 4 members (excludes halogenated alkanes) is 3. The Morgan fingerprint density at radius 1 is 1.33 bits per heavy atom. The summed E-state index contributed by atoms with van der Waals surface area (Å²) in [7, 11) is 0. The Labute approximate surface area is 93.4 Å². The van der Waals surface area contributed by atoms with Crippen LogP contribution in [-0.2, 0) is 9.53 Å².